The van der Waals surface area contributed by atoms with Gasteiger partial charge in [-0.1, -0.05) is 24.3 Å². The molecule has 1 fully saturated rings. The molecule has 1 aromatic carbocycles. The number of carbonyl (C=O) groups excluding carboxylic acids is 1. The first-order valence-corrected chi connectivity index (χ1v) is 7.33. The summed E-state index contributed by atoms with van der Waals surface area (Å²) in [5.41, 5.74) is 2.31. The SMILES string of the molecule is CC1(C(=O)NC2CCc3ccccc32)CCCCN1.Cl. The summed E-state index contributed by atoms with van der Waals surface area (Å²) in [4.78, 5) is 12.5. The molecule has 0 bridgehead atoms. The number of amides is 1. The summed E-state index contributed by atoms with van der Waals surface area (Å²) < 4.78 is 0. The standard InChI is InChI=1S/C16H22N2O.ClH/c1-16(10-4-5-11-17-16)15(19)18-14-9-8-12-6-2-3-7-13(12)14;/h2-3,6-7,14,17H,4-5,8-11H2,1H3,(H,18,19);1H. The van der Waals surface area contributed by atoms with Crippen molar-refractivity contribution in [3.8, 4) is 0 Å². The molecule has 2 atom stereocenters. The highest BCUT2D eigenvalue weighted by molar-refractivity contribution is 5.86. The number of carbonyl (C=O) groups is 1. The van der Waals surface area contributed by atoms with Crippen molar-refractivity contribution < 1.29 is 4.79 Å². The van der Waals surface area contributed by atoms with E-state index < -0.39 is 0 Å². The normalized spacial score (nSPS) is 28.4. The molecule has 0 spiro atoms. The largest absolute Gasteiger partial charge is 0.348 e. The van der Waals surface area contributed by atoms with Crippen LogP contribution in [0.4, 0.5) is 0 Å². The lowest BCUT2D eigenvalue weighted by Gasteiger charge is -2.34. The molecule has 0 radical (unpaired) electrons. The molecule has 4 heteroatoms. The van der Waals surface area contributed by atoms with Crippen molar-refractivity contribution in [2.45, 2.75) is 50.6 Å². The van der Waals surface area contributed by atoms with Crippen LogP contribution in [-0.2, 0) is 11.2 Å². The molecular weight excluding hydrogens is 272 g/mol. The molecule has 2 unspecified atom stereocenters. The predicted octanol–water partition coefficient (Wildman–Crippen LogP) is 2.74. The van der Waals surface area contributed by atoms with Crippen LogP contribution >= 0.6 is 12.4 Å². The lowest BCUT2D eigenvalue weighted by Crippen LogP contribution is -2.57. The second-order valence-electron chi connectivity index (χ2n) is 5.98. The molecule has 3 rings (SSSR count). The van der Waals surface area contributed by atoms with Gasteiger partial charge in [-0.2, -0.15) is 0 Å². The molecule has 1 amide bonds. The van der Waals surface area contributed by atoms with Crippen molar-refractivity contribution in [1.29, 1.82) is 0 Å². The highest BCUT2D eigenvalue weighted by Gasteiger charge is 2.36. The van der Waals surface area contributed by atoms with Crippen molar-refractivity contribution in [3.63, 3.8) is 0 Å². The molecule has 0 aromatic heterocycles. The maximum absolute atomic E-state index is 12.5. The summed E-state index contributed by atoms with van der Waals surface area (Å²) in [6, 6.07) is 8.65. The summed E-state index contributed by atoms with van der Waals surface area (Å²) in [7, 11) is 0. The molecule has 1 aliphatic heterocycles. The van der Waals surface area contributed by atoms with Gasteiger partial charge in [0.05, 0.1) is 11.6 Å². The van der Waals surface area contributed by atoms with Crippen LogP contribution in [0, 0.1) is 0 Å². The van der Waals surface area contributed by atoms with E-state index >= 15 is 0 Å². The van der Waals surface area contributed by atoms with E-state index in [1.54, 1.807) is 0 Å². The maximum Gasteiger partial charge on any atom is 0.240 e. The van der Waals surface area contributed by atoms with Crippen molar-refractivity contribution in [3.05, 3.63) is 35.4 Å². The number of piperidine rings is 1. The summed E-state index contributed by atoms with van der Waals surface area (Å²) in [6.45, 7) is 2.98. The Labute approximate surface area is 126 Å². The first kappa shape index (κ1) is 15.3. The number of rotatable bonds is 2. The van der Waals surface area contributed by atoms with E-state index in [1.165, 1.54) is 17.5 Å². The van der Waals surface area contributed by atoms with Crippen molar-refractivity contribution in [2.75, 3.05) is 6.54 Å². The van der Waals surface area contributed by atoms with E-state index in [0.717, 1.165) is 32.2 Å². The highest BCUT2D eigenvalue weighted by Crippen LogP contribution is 2.31. The van der Waals surface area contributed by atoms with Crippen LogP contribution in [0.25, 0.3) is 0 Å². The molecule has 0 saturated carbocycles. The van der Waals surface area contributed by atoms with Gasteiger partial charge in [0.2, 0.25) is 5.91 Å². The van der Waals surface area contributed by atoms with Crippen LogP contribution in [0.1, 0.15) is 49.8 Å². The Morgan fingerprint density at radius 2 is 2.15 bits per heavy atom. The van der Waals surface area contributed by atoms with E-state index in [9.17, 15) is 4.79 Å². The minimum Gasteiger partial charge on any atom is -0.348 e. The van der Waals surface area contributed by atoms with Crippen molar-refractivity contribution in [1.82, 2.24) is 10.6 Å². The molecular formula is C16H23ClN2O. The predicted molar refractivity (Wildman–Crippen MR) is 83.2 cm³/mol. The summed E-state index contributed by atoms with van der Waals surface area (Å²) in [5.74, 6) is 0.161. The smallest absolute Gasteiger partial charge is 0.240 e. The second kappa shape index (κ2) is 6.15. The third kappa shape index (κ3) is 2.84. The van der Waals surface area contributed by atoms with Crippen LogP contribution in [-0.4, -0.2) is 18.0 Å². The quantitative estimate of drug-likeness (QED) is 0.880. The van der Waals surface area contributed by atoms with Gasteiger partial charge in [-0.25, -0.2) is 0 Å². The maximum atomic E-state index is 12.5. The van der Waals surface area contributed by atoms with Gasteiger partial charge in [0.25, 0.3) is 0 Å². The average molecular weight is 295 g/mol. The zero-order valence-electron chi connectivity index (χ0n) is 11.9. The summed E-state index contributed by atoms with van der Waals surface area (Å²) >= 11 is 0. The molecule has 20 heavy (non-hydrogen) atoms. The Balaban J connectivity index is 0.00000147. The lowest BCUT2D eigenvalue weighted by atomic mass is 9.89. The van der Waals surface area contributed by atoms with Crippen LogP contribution in [0.5, 0.6) is 0 Å². The minimum atomic E-state index is -0.379. The number of benzene rings is 1. The molecule has 2 aliphatic rings. The molecule has 1 heterocycles. The summed E-state index contributed by atoms with van der Waals surface area (Å²) in [6.07, 6.45) is 5.35. The van der Waals surface area contributed by atoms with Gasteiger partial charge in [0.1, 0.15) is 0 Å². The lowest BCUT2D eigenvalue weighted by molar-refractivity contribution is -0.128. The van der Waals surface area contributed by atoms with Gasteiger partial charge >= 0.3 is 0 Å². The monoisotopic (exact) mass is 294 g/mol. The van der Waals surface area contributed by atoms with Crippen LogP contribution in [0.2, 0.25) is 0 Å². The first-order chi connectivity index (χ1) is 9.19. The summed E-state index contributed by atoms with van der Waals surface area (Å²) in [5, 5.41) is 6.62. The average Bonchev–Trinajstić information content (AvgIpc) is 2.83. The minimum absolute atomic E-state index is 0. The number of hydrogen-bond donors (Lipinski definition) is 2. The zero-order chi connectivity index (χ0) is 13.3. The Kier molecular flexibility index (Phi) is 4.71. The number of nitrogens with one attached hydrogen (secondary N) is 2. The van der Waals surface area contributed by atoms with Gasteiger partial charge in [-0.05, 0) is 56.7 Å². The topological polar surface area (TPSA) is 41.1 Å². The third-order valence-electron chi connectivity index (χ3n) is 4.56. The van der Waals surface area contributed by atoms with Gasteiger partial charge in [-0.3, -0.25) is 4.79 Å². The molecule has 1 saturated heterocycles. The zero-order valence-corrected chi connectivity index (χ0v) is 12.8. The number of halogens is 1. The fourth-order valence-electron chi connectivity index (χ4n) is 3.27. The molecule has 110 valence electrons. The third-order valence-corrected chi connectivity index (χ3v) is 4.56. The second-order valence-corrected chi connectivity index (χ2v) is 5.98. The van der Waals surface area contributed by atoms with Crippen molar-refractivity contribution >= 4 is 18.3 Å². The van der Waals surface area contributed by atoms with Gasteiger partial charge in [-0.15, -0.1) is 12.4 Å². The first-order valence-electron chi connectivity index (χ1n) is 7.33. The van der Waals surface area contributed by atoms with Gasteiger partial charge in [0, 0.05) is 0 Å². The van der Waals surface area contributed by atoms with E-state index in [0.29, 0.717) is 0 Å². The molecule has 3 nitrogen and oxygen atoms in total. The Morgan fingerprint density at radius 1 is 1.35 bits per heavy atom. The number of fused-ring (bicyclic) bond motifs is 1. The Morgan fingerprint density at radius 3 is 2.90 bits per heavy atom. The van der Waals surface area contributed by atoms with Crippen LogP contribution < -0.4 is 10.6 Å². The fraction of sp³-hybridized carbons (Fsp3) is 0.562. The number of hydrogen-bond acceptors (Lipinski definition) is 2. The fourth-order valence-corrected chi connectivity index (χ4v) is 3.27. The molecule has 2 N–H and O–H groups in total. The van der Waals surface area contributed by atoms with Crippen LogP contribution in [0.15, 0.2) is 24.3 Å². The van der Waals surface area contributed by atoms with Gasteiger partial charge < -0.3 is 10.6 Å². The van der Waals surface area contributed by atoms with E-state index in [-0.39, 0.29) is 29.9 Å². The number of aryl methyl sites for hydroxylation is 1. The van der Waals surface area contributed by atoms with E-state index in [4.69, 9.17) is 0 Å². The molecule has 1 aromatic rings. The molecule has 1 aliphatic carbocycles. The van der Waals surface area contributed by atoms with E-state index in [1.807, 2.05) is 6.92 Å². The van der Waals surface area contributed by atoms with Crippen molar-refractivity contribution in [2.24, 2.45) is 0 Å². The Bertz CT molecular complexity index is 483. The highest BCUT2D eigenvalue weighted by atomic mass is 35.5. The van der Waals surface area contributed by atoms with Gasteiger partial charge in [0.15, 0.2) is 0 Å². The Hall–Kier alpha value is -1.06. The van der Waals surface area contributed by atoms with Crippen LogP contribution in [0.3, 0.4) is 0 Å². The van der Waals surface area contributed by atoms with E-state index in [2.05, 4.69) is 34.9 Å².